The molecular formula is C13H12ClF2N3O. The van der Waals surface area contributed by atoms with Gasteiger partial charge in [0.05, 0.1) is 0 Å². The lowest BCUT2D eigenvalue weighted by molar-refractivity contribution is 0.116. The van der Waals surface area contributed by atoms with E-state index >= 15 is 0 Å². The van der Waals surface area contributed by atoms with Gasteiger partial charge >= 0.3 is 12.4 Å². The van der Waals surface area contributed by atoms with Crippen LogP contribution in [0.1, 0.15) is 30.7 Å². The first kappa shape index (κ1) is 13.3. The van der Waals surface area contributed by atoms with E-state index in [1.807, 2.05) is 24.3 Å². The molecule has 106 valence electrons. The summed E-state index contributed by atoms with van der Waals surface area (Å²) < 4.78 is 29.6. The molecule has 4 nitrogen and oxygen atoms in total. The van der Waals surface area contributed by atoms with Crippen molar-refractivity contribution in [1.82, 2.24) is 10.2 Å². The lowest BCUT2D eigenvalue weighted by atomic mass is 10.0. The molecule has 0 radical (unpaired) electrons. The second-order valence-corrected chi connectivity index (χ2v) is 5.39. The Morgan fingerprint density at radius 2 is 2.15 bits per heavy atom. The molecule has 0 saturated heterocycles. The summed E-state index contributed by atoms with van der Waals surface area (Å²) >= 11 is 5.95. The maximum Gasteiger partial charge on any atom is 0.316 e. The van der Waals surface area contributed by atoms with Crippen LogP contribution in [0.25, 0.3) is 0 Å². The maximum atomic E-state index is 12.4. The van der Waals surface area contributed by atoms with E-state index in [0.29, 0.717) is 5.02 Å². The third-order valence-corrected chi connectivity index (χ3v) is 3.52. The zero-order chi connectivity index (χ0) is 14.2. The van der Waals surface area contributed by atoms with Gasteiger partial charge in [0.15, 0.2) is 0 Å². The second-order valence-electron chi connectivity index (χ2n) is 4.96. The van der Waals surface area contributed by atoms with Crippen LogP contribution < -0.4 is 5.32 Å². The van der Waals surface area contributed by atoms with Gasteiger partial charge in [0.2, 0.25) is 0 Å². The number of nitrogens with one attached hydrogen (secondary N) is 1. The number of hydrogen-bond donors (Lipinski definition) is 1. The average Bonchev–Trinajstić information content (AvgIpc) is 2.96. The van der Waals surface area contributed by atoms with E-state index in [9.17, 15) is 8.78 Å². The highest BCUT2D eigenvalue weighted by molar-refractivity contribution is 6.30. The van der Waals surface area contributed by atoms with Gasteiger partial charge in [-0.3, -0.25) is 0 Å². The zero-order valence-electron chi connectivity index (χ0n) is 10.4. The molecule has 0 atom stereocenters. The molecule has 1 saturated carbocycles. The highest BCUT2D eigenvalue weighted by Gasteiger charge is 2.44. The molecule has 1 fully saturated rings. The van der Waals surface area contributed by atoms with Crippen LogP contribution in [0.2, 0.25) is 5.02 Å². The van der Waals surface area contributed by atoms with Gasteiger partial charge in [0, 0.05) is 10.6 Å². The second kappa shape index (κ2) is 5.01. The van der Waals surface area contributed by atoms with Crippen LogP contribution in [-0.2, 0) is 6.42 Å². The molecule has 0 unspecified atom stereocenters. The highest BCUT2D eigenvalue weighted by atomic mass is 35.5. The molecule has 2 aromatic rings. The van der Waals surface area contributed by atoms with E-state index in [1.165, 1.54) is 0 Å². The van der Waals surface area contributed by atoms with E-state index in [1.54, 1.807) is 0 Å². The molecular weight excluding hydrogens is 288 g/mol. The summed E-state index contributed by atoms with van der Waals surface area (Å²) in [7, 11) is 0. The molecule has 0 amide bonds. The van der Waals surface area contributed by atoms with Crippen LogP contribution in [0.15, 0.2) is 28.7 Å². The number of benzene rings is 1. The van der Waals surface area contributed by atoms with Crippen molar-refractivity contribution >= 4 is 17.6 Å². The molecule has 1 aliphatic carbocycles. The molecule has 1 aromatic carbocycles. The minimum absolute atomic E-state index is 0.0415. The van der Waals surface area contributed by atoms with Crippen molar-refractivity contribution in [3.05, 3.63) is 40.7 Å². The summed E-state index contributed by atoms with van der Waals surface area (Å²) in [6, 6.07) is 7.61. The summed E-state index contributed by atoms with van der Waals surface area (Å²) in [4.78, 5) is 0. The fourth-order valence-corrected chi connectivity index (χ4v) is 2.35. The standard InChI is InChI=1S/C13H12ClF2N3O/c14-9-3-1-2-8(6-9)7-13(4-5-13)17-12-19-18-11(20-12)10(15)16/h1-3,6,10H,4-5,7H2,(H,17,19). The van der Waals surface area contributed by atoms with E-state index in [0.717, 1.165) is 24.8 Å². The van der Waals surface area contributed by atoms with Crippen molar-refractivity contribution < 1.29 is 13.2 Å². The zero-order valence-corrected chi connectivity index (χ0v) is 11.2. The molecule has 1 aromatic heterocycles. The Morgan fingerprint density at radius 1 is 1.35 bits per heavy atom. The topological polar surface area (TPSA) is 51.0 Å². The van der Waals surface area contributed by atoms with E-state index in [4.69, 9.17) is 16.0 Å². The van der Waals surface area contributed by atoms with Crippen LogP contribution in [0, 0.1) is 0 Å². The first-order valence-corrected chi connectivity index (χ1v) is 6.58. The number of aromatic nitrogens is 2. The van der Waals surface area contributed by atoms with Crippen LogP contribution in [0.3, 0.4) is 0 Å². The Morgan fingerprint density at radius 3 is 2.75 bits per heavy atom. The number of halogens is 3. The van der Waals surface area contributed by atoms with Gasteiger partial charge in [-0.05, 0) is 37.0 Å². The smallest absolute Gasteiger partial charge is 0.316 e. The predicted molar refractivity (Wildman–Crippen MR) is 70.0 cm³/mol. The Balaban J connectivity index is 1.69. The van der Waals surface area contributed by atoms with Gasteiger partial charge in [-0.25, -0.2) is 0 Å². The molecule has 20 heavy (non-hydrogen) atoms. The third kappa shape index (κ3) is 2.90. The van der Waals surface area contributed by atoms with Crippen molar-refractivity contribution in [3.8, 4) is 0 Å². The first-order chi connectivity index (χ1) is 9.56. The number of alkyl halides is 2. The molecule has 1 aliphatic rings. The van der Waals surface area contributed by atoms with Gasteiger partial charge in [-0.2, -0.15) is 8.78 Å². The van der Waals surface area contributed by atoms with Gasteiger partial charge < -0.3 is 9.73 Å². The number of hydrogen-bond acceptors (Lipinski definition) is 4. The van der Waals surface area contributed by atoms with E-state index in [2.05, 4.69) is 15.5 Å². The minimum atomic E-state index is -2.75. The number of nitrogens with zero attached hydrogens (tertiary/aromatic N) is 2. The normalized spacial score (nSPS) is 16.4. The molecule has 7 heteroatoms. The van der Waals surface area contributed by atoms with Gasteiger partial charge in [-0.15, -0.1) is 5.10 Å². The summed E-state index contributed by atoms with van der Waals surface area (Å²) in [6.45, 7) is 0. The average molecular weight is 300 g/mol. The maximum absolute atomic E-state index is 12.4. The van der Waals surface area contributed by atoms with Crippen LogP contribution in [-0.4, -0.2) is 15.7 Å². The Kier molecular flexibility index (Phi) is 3.33. The van der Waals surface area contributed by atoms with Crippen molar-refractivity contribution in [2.24, 2.45) is 0 Å². The van der Waals surface area contributed by atoms with Crippen molar-refractivity contribution in [2.45, 2.75) is 31.2 Å². The molecule has 0 aliphatic heterocycles. The third-order valence-electron chi connectivity index (χ3n) is 3.28. The minimum Gasteiger partial charge on any atom is -0.402 e. The van der Waals surface area contributed by atoms with Gasteiger partial charge in [0.1, 0.15) is 0 Å². The fraction of sp³-hybridized carbons (Fsp3) is 0.385. The van der Waals surface area contributed by atoms with Crippen molar-refractivity contribution in [2.75, 3.05) is 5.32 Å². The monoisotopic (exact) mass is 299 g/mol. The first-order valence-electron chi connectivity index (χ1n) is 6.21. The Hall–Kier alpha value is -1.69. The van der Waals surface area contributed by atoms with Crippen LogP contribution in [0.4, 0.5) is 14.8 Å². The van der Waals surface area contributed by atoms with Crippen molar-refractivity contribution in [1.29, 1.82) is 0 Å². The summed E-state index contributed by atoms with van der Waals surface area (Å²) in [5.41, 5.74) is 0.882. The molecule has 1 N–H and O–H groups in total. The van der Waals surface area contributed by atoms with Gasteiger partial charge in [-0.1, -0.05) is 28.8 Å². The quantitative estimate of drug-likeness (QED) is 0.911. The van der Waals surface area contributed by atoms with Crippen LogP contribution >= 0.6 is 11.6 Å². The highest BCUT2D eigenvalue weighted by Crippen LogP contribution is 2.42. The fourth-order valence-electron chi connectivity index (χ4n) is 2.13. The molecule has 0 spiro atoms. The number of rotatable bonds is 5. The summed E-state index contributed by atoms with van der Waals surface area (Å²) in [5, 5.41) is 10.6. The lowest BCUT2D eigenvalue weighted by Crippen LogP contribution is -2.24. The summed E-state index contributed by atoms with van der Waals surface area (Å²) in [6.07, 6.45) is -0.168. The SMILES string of the molecule is FC(F)c1nnc(NC2(Cc3cccc(Cl)c3)CC2)o1. The molecule has 3 rings (SSSR count). The predicted octanol–water partition coefficient (Wildman–Crippen LogP) is 3.85. The molecule has 0 bridgehead atoms. The molecule has 1 heterocycles. The van der Waals surface area contributed by atoms with Gasteiger partial charge in [0.25, 0.3) is 5.89 Å². The Bertz CT molecular complexity index is 613. The van der Waals surface area contributed by atoms with E-state index < -0.39 is 12.3 Å². The largest absolute Gasteiger partial charge is 0.402 e. The Labute approximate surface area is 119 Å². The van der Waals surface area contributed by atoms with Crippen molar-refractivity contribution in [3.63, 3.8) is 0 Å². The number of anilines is 1. The summed E-state index contributed by atoms with van der Waals surface area (Å²) in [5.74, 6) is -0.661. The van der Waals surface area contributed by atoms with Crippen LogP contribution in [0.5, 0.6) is 0 Å². The lowest BCUT2D eigenvalue weighted by Gasteiger charge is -2.15. The van der Waals surface area contributed by atoms with E-state index in [-0.39, 0.29) is 11.6 Å².